The van der Waals surface area contributed by atoms with Gasteiger partial charge >= 0.3 is 0 Å². The van der Waals surface area contributed by atoms with E-state index >= 15 is 0 Å². The normalized spacial score (nSPS) is 19.6. The second kappa shape index (κ2) is 6.32. The molecule has 2 aliphatic rings. The van der Waals surface area contributed by atoms with Crippen LogP contribution in [0.5, 0.6) is 0 Å². The minimum absolute atomic E-state index is 0.273. The number of halogens is 1. The minimum Gasteiger partial charge on any atom is -0.292 e. The monoisotopic (exact) mass is 324 g/mol. The van der Waals surface area contributed by atoms with Crippen molar-refractivity contribution in [2.45, 2.75) is 38.3 Å². The summed E-state index contributed by atoms with van der Waals surface area (Å²) in [5.41, 5.74) is 3.43. The Morgan fingerprint density at radius 1 is 1.42 bits per heavy atom. The Kier molecular flexibility index (Phi) is 4.02. The van der Waals surface area contributed by atoms with Crippen molar-refractivity contribution in [3.05, 3.63) is 65.5 Å². The highest BCUT2D eigenvalue weighted by molar-refractivity contribution is 5.43. The molecule has 0 saturated heterocycles. The van der Waals surface area contributed by atoms with E-state index in [9.17, 15) is 4.39 Å². The molecule has 0 amide bonds. The largest absolute Gasteiger partial charge is 0.292 e. The average molecular weight is 324 g/mol. The Bertz CT molecular complexity index is 805. The number of rotatable bonds is 3. The third-order valence-corrected chi connectivity index (χ3v) is 4.84. The fraction of sp³-hybridized carbons (Fsp3) is 0.368. The van der Waals surface area contributed by atoms with Crippen LogP contribution in [0.25, 0.3) is 5.95 Å². The first-order chi connectivity index (χ1) is 11.7. The topological polar surface area (TPSA) is 34.0 Å². The van der Waals surface area contributed by atoms with Crippen LogP contribution in [0.4, 0.5) is 4.39 Å². The minimum atomic E-state index is -0.273. The number of hydrogen-bond acceptors (Lipinski definition) is 3. The van der Waals surface area contributed by atoms with Crippen molar-refractivity contribution in [2.24, 2.45) is 0 Å². The molecule has 0 fully saturated rings. The van der Waals surface area contributed by atoms with Gasteiger partial charge in [-0.1, -0.05) is 18.2 Å². The fourth-order valence-electron chi connectivity index (χ4n) is 3.66. The molecule has 4 nitrogen and oxygen atoms in total. The predicted molar refractivity (Wildman–Crippen MR) is 91.8 cm³/mol. The smallest absolute Gasteiger partial charge is 0.199 e. The lowest BCUT2D eigenvalue weighted by molar-refractivity contribution is 0.206. The van der Waals surface area contributed by atoms with Gasteiger partial charge in [-0.2, -0.15) is 4.39 Å². The van der Waals surface area contributed by atoms with E-state index in [1.807, 2.05) is 24.5 Å². The van der Waals surface area contributed by atoms with E-state index in [1.165, 1.54) is 23.8 Å². The van der Waals surface area contributed by atoms with Crippen LogP contribution in [0, 0.1) is 0 Å². The first-order valence-corrected chi connectivity index (χ1v) is 8.46. The molecule has 2 aromatic rings. The number of fused-ring (bicyclic) bond motifs is 2. The van der Waals surface area contributed by atoms with Crippen LogP contribution in [-0.2, 0) is 19.4 Å². The SMILES string of the molecule is CN(Cc1cn2c(n1)CC=CC=C2F)C1CCCc2cccnc21. The van der Waals surface area contributed by atoms with E-state index in [2.05, 4.69) is 28.0 Å². The summed E-state index contributed by atoms with van der Waals surface area (Å²) < 4.78 is 15.6. The zero-order valence-corrected chi connectivity index (χ0v) is 13.8. The van der Waals surface area contributed by atoms with Crippen molar-refractivity contribution >= 4 is 5.95 Å². The number of nitrogens with zero attached hydrogens (tertiary/aromatic N) is 4. The van der Waals surface area contributed by atoms with Crippen molar-refractivity contribution in [3.8, 4) is 0 Å². The summed E-state index contributed by atoms with van der Waals surface area (Å²) in [7, 11) is 2.10. The van der Waals surface area contributed by atoms with Gasteiger partial charge in [0.15, 0.2) is 5.95 Å². The summed E-state index contributed by atoms with van der Waals surface area (Å²) in [5, 5.41) is 0. The first-order valence-electron chi connectivity index (χ1n) is 8.46. The van der Waals surface area contributed by atoms with Gasteiger partial charge in [-0.25, -0.2) is 4.98 Å². The van der Waals surface area contributed by atoms with Crippen LogP contribution < -0.4 is 0 Å². The lowest BCUT2D eigenvalue weighted by atomic mass is 9.91. The Morgan fingerprint density at radius 2 is 2.33 bits per heavy atom. The molecule has 1 atom stereocenters. The Morgan fingerprint density at radius 3 is 3.25 bits per heavy atom. The van der Waals surface area contributed by atoms with Gasteiger partial charge in [0, 0.05) is 25.4 Å². The maximum absolute atomic E-state index is 14.0. The zero-order valence-electron chi connectivity index (χ0n) is 13.8. The van der Waals surface area contributed by atoms with Crippen LogP contribution in [0.1, 0.15) is 41.7 Å². The lowest BCUT2D eigenvalue weighted by Crippen LogP contribution is -2.28. The van der Waals surface area contributed by atoms with Gasteiger partial charge in [-0.15, -0.1) is 0 Å². The van der Waals surface area contributed by atoms with Crippen LogP contribution in [0.3, 0.4) is 0 Å². The number of hydrogen-bond donors (Lipinski definition) is 0. The summed E-state index contributed by atoms with van der Waals surface area (Å²) >= 11 is 0. The van der Waals surface area contributed by atoms with E-state index in [4.69, 9.17) is 0 Å². The Hall–Kier alpha value is -2.27. The van der Waals surface area contributed by atoms with Gasteiger partial charge in [-0.3, -0.25) is 14.5 Å². The maximum Gasteiger partial charge on any atom is 0.199 e. The second-order valence-corrected chi connectivity index (χ2v) is 6.51. The van der Waals surface area contributed by atoms with Gasteiger partial charge in [0.05, 0.1) is 17.4 Å². The molecule has 0 saturated carbocycles. The van der Waals surface area contributed by atoms with Crippen molar-refractivity contribution in [3.63, 3.8) is 0 Å². The molecule has 0 bridgehead atoms. The third-order valence-electron chi connectivity index (χ3n) is 4.84. The van der Waals surface area contributed by atoms with Gasteiger partial charge in [0.1, 0.15) is 5.82 Å². The van der Waals surface area contributed by atoms with Crippen LogP contribution in [-0.4, -0.2) is 26.5 Å². The van der Waals surface area contributed by atoms with Crippen LogP contribution in [0.15, 0.2) is 42.8 Å². The van der Waals surface area contributed by atoms with Crippen LogP contribution >= 0.6 is 0 Å². The molecule has 124 valence electrons. The summed E-state index contributed by atoms with van der Waals surface area (Å²) in [6.07, 6.45) is 12.9. The van der Waals surface area contributed by atoms with E-state index in [0.717, 1.165) is 24.4 Å². The highest BCUT2D eigenvalue weighted by Gasteiger charge is 2.25. The Balaban J connectivity index is 1.56. The van der Waals surface area contributed by atoms with Crippen molar-refractivity contribution in [2.75, 3.05) is 7.05 Å². The van der Waals surface area contributed by atoms with Crippen LogP contribution in [0.2, 0.25) is 0 Å². The molecule has 1 aliphatic carbocycles. The number of allylic oxidation sites excluding steroid dienone is 3. The molecular formula is C19H21FN4. The van der Waals surface area contributed by atoms with E-state index in [-0.39, 0.29) is 5.95 Å². The molecule has 2 aromatic heterocycles. The molecule has 3 heterocycles. The van der Waals surface area contributed by atoms with Crippen molar-refractivity contribution < 1.29 is 4.39 Å². The fourth-order valence-corrected chi connectivity index (χ4v) is 3.66. The van der Waals surface area contributed by atoms with Gasteiger partial charge in [-0.05, 0) is 44.0 Å². The quantitative estimate of drug-likeness (QED) is 0.864. The molecule has 1 unspecified atom stereocenters. The Labute approximate surface area is 141 Å². The molecular weight excluding hydrogens is 303 g/mol. The molecule has 0 N–H and O–H groups in total. The van der Waals surface area contributed by atoms with Gasteiger partial charge < -0.3 is 0 Å². The van der Waals surface area contributed by atoms with Gasteiger partial charge in [0.2, 0.25) is 0 Å². The highest BCUT2D eigenvalue weighted by atomic mass is 19.1. The standard InChI is InChI=1S/C19H21FN4/c1-23(16-8-4-6-14-7-5-11-21-19(14)16)12-15-13-24-17(20)9-2-3-10-18(24)22-15/h2-3,5,7,9,11,13,16H,4,6,8,10,12H2,1H3. The van der Waals surface area contributed by atoms with E-state index in [1.54, 1.807) is 10.6 Å². The molecule has 24 heavy (non-hydrogen) atoms. The lowest BCUT2D eigenvalue weighted by Gasteiger charge is -2.31. The number of imidazole rings is 1. The number of aryl methyl sites for hydroxylation is 1. The van der Waals surface area contributed by atoms with Gasteiger partial charge in [0.25, 0.3) is 0 Å². The average Bonchev–Trinajstić information content (AvgIpc) is 2.92. The molecule has 0 spiro atoms. The highest BCUT2D eigenvalue weighted by Crippen LogP contribution is 2.32. The maximum atomic E-state index is 14.0. The molecule has 0 radical (unpaired) electrons. The van der Waals surface area contributed by atoms with Crippen molar-refractivity contribution in [1.82, 2.24) is 19.4 Å². The predicted octanol–water partition coefficient (Wildman–Crippen LogP) is 3.67. The molecule has 4 rings (SSSR count). The first kappa shape index (κ1) is 15.3. The molecule has 1 aliphatic heterocycles. The third kappa shape index (κ3) is 2.80. The van der Waals surface area contributed by atoms with Crippen molar-refractivity contribution in [1.29, 1.82) is 0 Å². The summed E-state index contributed by atoms with van der Waals surface area (Å²) in [5.74, 6) is 0.480. The summed E-state index contributed by atoms with van der Waals surface area (Å²) in [6.45, 7) is 0.692. The van der Waals surface area contributed by atoms with E-state index < -0.39 is 0 Å². The number of pyridine rings is 1. The molecule has 0 aromatic carbocycles. The second-order valence-electron chi connectivity index (χ2n) is 6.51. The van der Waals surface area contributed by atoms with E-state index in [0.29, 0.717) is 19.0 Å². The zero-order chi connectivity index (χ0) is 16.5. The number of aromatic nitrogens is 3. The summed E-state index contributed by atoms with van der Waals surface area (Å²) in [6, 6.07) is 4.49. The molecule has 5 heteroatoms. The summed E-state index contributed by atoms with van der Waals surface area (Å²) in [4.78, 5) is 11.5.